The van der Waals surface area contributed by atoms with Gasteiger partial charge in [0.25, 0.3) is 0 Å². The summed E-state index contributed by atoms with van der Waals surface area (Å²) in [5, 5.41) is 0. The van der Waals surface area contributed by atoms with Gasteiger partial charge in [-0.15, -0.1) is 0 Å². The molecule has 0 saturated heterocycles. The van der Waals surface area contributed by atoms with Crippen LogP contribution in [0.1, 0.15) is 18.1 Å². The minimum atomic E-state index is -1.08. The number of ether oxygens (including phenoxy) is 2. The molecule has 0 radical (unpaired) electrons. The fourth-order valence-corrected chi connectivity index (χ4v) is 3.65. The van der Waals surface area contributed by atoms with E-state index >= 15 is 0 Å². The third-order valence-corrected chi connectivity index (χ3v) is 5.66. The highest BCUT2D eigenvalue weighted by molar-refractivity contribution is 5.72. The fraction of sp³-hybridized carbons (Fsp3) is 0.143. The summed E-state index contributed by atoms with van der Waals surface area (Å²) < 4.78 is 68.0. The Morgan fingerprint density at radius 1 is 0.618 bits per heavy atom. The van der Waals surface area contributed by atoms with Crippen LogP contribution in [0.5, 0.6) is 11.5 Å². The topological polar surface area (TPSA) is 18.5 Å². The molecule has 0 aliphatic rings. The SMILES string of the molecule is CCc1ccc(-c2ccc(-c3ccc(OCc4ccc(OC)c(F)c4F)cc3)c(F)c2F)cc1. The summed E-state index contributed by atoms with van der Waals surface area (Å²) in [7, 11) is 1.25. The Labute approximate surface area is 195 Å². The predicted molar refractivity (Wildman–Crippen MR) is 124 cm³/mol. The lowest BCUT2D eigenvalue weighted by Crippen LogP contribution is -2.02. The molecule has 0 heterocycles. The van der Waals surface area contributed by atoms with Gasteiger partial charge < -0.3 is 9.47 Å². The zero-order valence-electron chi connectivity index (χ0n) is 18.7. The Kier molecular flexibility index (Phi) is 6.87. The van der Waals surface area contributed by atoms with Crippen molar-refractivity contribution in [3.63, 3.8) is 0 Å². The molecule has 6 heteroatoms. The van der Waals surface area contributed by atoms with Crippen molar-refractivity contribution in [1.82, 2.24) is 0 Å². The summed E-state index contributed by atoms with van der Waals surface area (Å²) in [5.74, 6) is -3.81. The van der Waals surface area contributed by atoms with Crippen LogP contribution in [-0.2, 0) is 13.0 Å². The molecule has 0 unspecified atom stereocenters. The number of aryl methyl sites for hydroxylation is 1. The first-order valence-corrected chi connectivity index (χ1v) is 10.7. The number of hydrogen-bond donors (Lipinski definition) is 0. The van der Waals surface area contributed by atoms with Crippen molar-refractivity contribution in [2.45, 2.75) is 20.0 Å². The molecule has 0 aliphatic carbocycles. The van der Waals surface area contributed by atoms with Gasteiger partial charge in [-0.3, -0.25) is 0 Å². The average molecular weight is 466 g/mol. The molecule has 0 amide bonds. The fourth-order valence-electron chi connectivity index (χ4n) is 3.65. The van der Waals surface area contributed by atoms with Crippen molar-refractivity contribution in [3.05, 3.63) is 107 Å². The minimum Gasteiger partial charge on any atom is -0.494 e. The second kappa shape index (κ2) is 10.00. The molecule has 0 atom stereocenters. The highest BCUT2D eigenvalue weighted by Crippen LogP contribution is 2.32. The van der Waals surface area contributed by atoms with Crippen LogP contribution in [0.4, 0.5) is 17.6 Å². The average Bonchev–Trinajstić information content (AvgIpc) is 2.87. The molecule has 0 aliphatic heterocycles. The van der Waals surface area contributed by atoms with Crippen LogP contribution in [0.3, 0.4) is 0 Å². The first kappa shape index (κ1) is 23.4. The van der Waals surface area contributed by atoms with E-state index in [0.29, 0.717) is 16.9 Å². The molecule has 0 saturated carbocycles. The maximum absolute atomic E-state index is 14.9. The van der Waals surface area contributed by atoms with Gasteiger partial charge in [0.2, 0.25) is 5.82 Å². The second-order valence-corrected chi connectivity index (χ2v) is 7.71. The zero-order valence-corrected chi connectivity index (χ0v) is 18.7. The molecule has 34 heavy (non-hydrogen) atoms. The van der Waals surface area contributed by atoms with Crippen LogP contribution >= 0.6 is 0 Å². The van der Waals surface area contributed by atoms with Gasteiger partial charge in [-0.1, -0.05) is 55.5 Å². The van der Waals surface area contributed by atoms with Crippen molar-refractivity contribution in [2.24, 2.45) is 0 Å². The van der Waals surface area contributed by atoms with E-state index in [1.54, 1.807) is 42.5 Å². The first-order valence-electron chi connectivity index (χ1n) is 10.7. The molecule has 4 aromatic carbocycles. The molecule has 2 nitrogen and oxygen atoms in total. The lowest BCUT2D eigenvalue weighted by molar-refractivity contribution is 0.294. The van der Waals surface area contributed by atoms with Gasteiger partial charge in [0.1, 0.15) is 12.4 Å². The van der Waals surface area contributed by atoms with Gasteiger partial charge in [-0.05, 0) is 47.4 Å². The van der Waals surface area contributed by atoms with Crippen LogP contribution in [0.2, 0.25) is 0 Å². The maximum Gasteiger partial charge on any atom is 0.201 e. The molecule has 4 rings (SSSR count). The summed E-state index contributed by atoms with van der Waals surface area (Å²) in [5.41, 5.74) is 2.50. The van der Waals surface area contributed by atoms with Gasteiger partial charge in [-0.25, -0.2) is 13.2 Å². The molecule has 174 valence electrons. The molecule has 4 aromatic rings. The molecule has 0 spiro atoms. The number of rotatable bonds is 7. The summed E-state index contributed by atoms with van der Waals surface area (Å²) in [4.78, 5) is 0. The summed E-state index contributed by atoms with van der Waals surface area (Å²) in [6.07, 6.45) is 0.863. The highest BCUT2D eigenvalue weighted by Gasteiger charge is 2.17. The normalized spacial score (nSPS) is 10.9. The van der Waals surface area contributed by atoms with E-state index in [1.807, 2.05) is 19.1 Å². The van der Waals surface area contributed by atoms with Crippen molar-refractivity contribution in [3.8, 4) is 33.8 Å². The van der Waals surface area contributed by atoms with E-state index in [-0.39, 0.29) is 29.0 Å². The van der Waals surface area contributed by atoms with Crippen LogP contribution < -0.4 is 9.47 Å². The molecule has 0 fully saturated rings. The Hall–Kier alpha value is -3.80. The Balaban J connectivity index is 1.51. The summed E-state index contributed by atoms with van der Waals surface area (Å²) in [6.45, 7) is 1.82. The number of halogens is 4. The Bertz CT molecular complexity index is 1300. The smallest absolute Gasteiger partial charge is 0.201 e. The lowest BCUT2D eigenvalue weighted by Gasteiger charge is -2.12. The summed E-state index contributed by atoms with van der Waals surface area (Å²) >= 11 is 0. The van der Waals surface area contributed by atoms with E-state index in [2.05, 4.69) is 0 Å². The molecule has 0 bridgehead atoms. The molecule has 0 aromatic heterocycles. The Morgan fingerprint density at radius 2 is 1.18 bits per heavy atom. The zero-order chi connectivity index (χ0) is 24.2. The Morgan fingerprint density at radius 3 is 1.71 bits per heavy atom. The van der Waals surface area contributed by atoms with Crippen molar-refractivity contribution in [2.75, 3.05) is 7.11 Å². The summed E-state index contributed by atoms with van der Waals surface area (Å²) in [6, 6.07) is 19.4. The van der Waals surface area contributed by atoms with Crippen molar-refractivity contribution < 1.29 is 27.0 Å². The van der Waals surface area contributed by atoms with E-state index in [4.69, 9.17) is 9.47 Å². The van der Waals surface area contributed by atoms with Gasteiger partial charge in [-0.2, -0.15) is 4.39 Å². The van der Waals surface area contributed by atoms with Gasteiger partial charge in [0.05, 0.1) is 7.11 Å². The van der Waals surface area contributed by atoms with Crippen LogP contribution in [-0.4, -0.2) is 7.11 Å². The largest absolute Gasteiger partial charge is 0.494 e. The van der Waals surface area contributed by atoms with Crippen LogP contribution in [0.25, 0.3) is 22.3 Å². The maximum atomic E-state index is 14.9. The van der Waals surface area contributed by atoms with Crippen molar-refractivity contribution >= 4 is 0 Å². The second-order valence-electron chi connectivity index (χ2n) is 7.71. The number of hydrogen-bond acceptors (Lipinski definition) is 2. The number of methoxy groups -OCH3 is 1. The molecular weight excluding hydrogens is 444 g/mol. The molecule has 0 N–H and O–H groups in total. The van der Waals surface area contributed by atoms with E-state index in [1.165, 1.54) is 25.3 Å². The quantitative estimate of drug-likeness (QED) is 0.260. The van der Waals surface area contributed by atoms with Gasteiger partial charge in [0.15, 0.2) is 23.2 Å². The minimum absolute atomic E-state index is 0.0260. The van der Waals surface area contributed by atoms with Crippen LogP contribution in [0.15, 0.2) is 72.8 Å². The van der Waals surface area contributed by atoms with E-state index < -0.39 is 23.3 Å². The highest BCUT2D eigenvalue weighted by atomic mass is 19.2. The van der Waals surface area contributed by atoms with Gasteiger partial charge in [0, 0.05) is 16.7 Å². The predicted octanol–water partition coefficient (Wildman–Crippen LogP) is 7.73. The van der Waals surface area contributed by atoms with Crippen LogP contribution in [0, 0.1) is 23.3 Å². The van der Waals surface area contributed by atoms with E-state index in [0.717, 1.165) is 12.0 Å². The van der Waals surface area contributed by atoms with Crippen molar-refractivity contribution in [1.29, 1.82) is 0 Å². The third kappa shape index (κ3) is 4.62. The lowest BCUT2D eigenvalue weighted by atomic mass is 9.98. The monoisotopic (exact) mass is 466 g/mol. The number of benzene rings is 4. The third-order valence-electron chi connectivity index (χ3n) is 5.66. The molecular formula is C28H22F4O2. The standard InChI is InChI=1S/C28H22F4O2/c1-3-17-4-6-18(7-5-17)22-13-14-23(27(31)26(22)30)19-8-11-21(12-9-19)34-16-20-10-15-24(33-2)28(32)25(20)29/h4-15H,3,16H2,1-2H3. The van der Waals surface area contributed by atoms with Gasteiger partial charge >= 0.3 is 0 Å². The first-order chi connectivity index (χ1) is 16.4. The van der Waals surface area contributed by atoms with E-state index in [9.17, 15) is 17.6 Å².